The number of nitrogens with one attached hydrogen (secondary N) is 1. The average Bonchev–Trinajstić information content (AvgIpc) is 2.51. The predicted octanol–water partition coefficient (Wildman–Crippen LogP) is 3.10. The van der Waals surface area contributed by atoms with Crippen LogP contribution in [0.25, 0.3) is 0 Å². The number of carbonyl (C=O) groups excluding carboxylic acids is 1. The van der Waals surface area contributed by atoms with Crippen molar-refractivity contribution in [3.63, 3.8) is 0 Å². The van der Waals surface area contributed by atoms with Crippen LogP contribution in [-0.4, -0.2) is 12.1 Å². The number of amides is 1. The molecule has 0 fully saturated rings. The number of carbonyl (C=O) groups is 1. The van der Waals surface area contributed by atoms with Crippen LogP contribution in [0.2, 0.25) is 5.02 Å². The Balaban J connectivity index is 2.01. The third-order valence-electron chi connectivity index (χ3n) is 2.78. The summed E-state index contributed by atoms with van der Waals surface area (Å²) in [6, 6.07) is 17.8. The standard InChI is InChI=1S/C16H12ClN3O/c17-14-8-6-12(7-9-14)11-19-20-16(21)15(10-18)13-4-2-1-3-5-13/h1-9,11,15H,(H,20,21)/b19-11-/t15-/m1/s1. The minimum Gasteiger partial charge on any atom is -0.271 e. The van der Waals surface area contributed by atoms with E-state index in [1.165, 1.54) is 6.21 Å². The summed E-state index contributed by atoms with van der Waals surface area (Å²) in [5.74, 6) is -1.34. The first-order valence-electron chi connectivity index (χ1n) is 6.24. The molecule has 104 valence electrons. The molecule has 0 saturated carbocycles. The third kappa shape index (κ3) is 4.16. The molecule has 5 heteroatoms. The van der Waals surface area contributed by atoms with Crippen LogP contribution < -0.4 is 5.43 Å². The van der Waals surface area contributed by atoms with Gasteiger partial charge in [0.05, 0.1) is 12.3 Å². The highest BCUT2D eigenvalue weighted by Gasteiger charge is 2.19. The molecule has 0 spiro atoms. The average molecular weight is 298 g/mol. The molecule has 0 aliphatic carbocycles. The van der Waals surface area contributed by atoms with Gasteiger partial charge in [-0.05, 0) is 23.3 Å². The summed E-state index contributed by atoms with van der Waals surface area (Å²) in [5, 5.41) is 13.6. The molecule has 2 rings (SSSR count). The monoisotopic (exact) mass is 297 g/mol. The van der Waals surface area contributed by atoms with Gasteiger partial charge in [-0.25, -0.2) is 5.43 Å². The Kier molecular flexibility index (Phi) is 5.08. The number of rotatable bonds is 4. The lowest BCUT2D eigenvalue weighted by molar-refractivity contribution is -0.121. The van der Waals surface area contributed by atoms with E-state index >= 15 is 0 Å². The molecule has 1 amide bonds. The van der Waals surface area contributed by atoms with E-state index < -0.39 is 11.8 Å². The summed E-state index contributed by atoms with van der Waals surface area (Å²) in [4.78, 5) is 12.0. The lowest BCUT2D eigenvalue weighted by Gasteiger charge is -2.06. The first-order chi connectivity index (χ1) is 10.2. The van der Waals surface area contributed by atoms with Crippen molar-refractivity contribution in [3.05, 3.63) is 70.7 Å². The van der Waals surface area contributed by atoms with Crippen molar-refractivity contribution in [2.24, 2.45) is 5.10 Å². The fraction of sp³-hybridized carbons (Fsp3) is 0.0625. The summed E-state index contributed by atoms with van der Waals surface area (Å²) < 4.78 is 0. The molecule has 0 bridgehead atoms. The van der Waals surface area contributed by atoms with E-state index in [1.54, 1.807) is 48.5 Å². The van der Waals surface area contributed by atoms with Crippen molar-refractivity contribution < 1.29 is 4.79 Å². The van der Waals surface area contributed by atoms with Gasteiger partial charge in [0.2, 0.25) is 0 Å². The zero-order valence-corrected chi connectivity index (χ0v) is 11.8. The Hall–Kier alpha value is -2.64. The van der Waals surface area contributed by atoms with Crippen LogP contribution in [0.3, 0.4) is 0 Å². The molecule has 1 atom stereocenters. The number of nitrogens with zero attached hydrogens (tertiary/aromatic N) is 2. The minimum absolute atomic E-state index is 0.464. The van der Waals surface area contributed by atoms with Gasteiger partial charge in [-0.2, -0.15) is 10.4 Å². The number of hydrogen-bond donors (Lipinski definition) is 1. The maximum absolute atomic E-state index is 12.0. The number of hydrogen-bond acceptors (Lipinski definition) is 3. The summed E-state index contributed by atoms with van der Waals surface area (Å²) in [7, 11) is 0. The summed E-state index contributed by atoms with van der Waals surface area (Å²) in [6.45, 7) is 0. The second-order valence-corrected chi connectivity index (χ2v) is 4.70. The van der Waals surface area contributed by atoms with Crippen LogP contribution in [-0.2, 0) is 4.79 Å². The summed E-state index contributed by atoms with van der Waals surface area (Å²) >= 11 is 5.77. The van der Waals surface area contributed by atoms with E-state index in [-0.39, 0.29) is 0 Å². The molecule has 0 aliphatic heterocycles. The van der Waals surface area contributed by atoms with Crippen LogP contribution in [0.15, 0.2) is 59.7 Å². The van der Waals surface area contributed by atoms with Crippen molar-refractivity contribution in [2.75, 3.05) is 0 Å². The molecule has 2 aromatic carbocycles. The predicted molar refractivity (Wildman–Crippen MR) is 82.0 cm³/mol. The smallest absolute Gasteiger partial charge is 0.261 e. The molecule has 0 heterocycles. The Morgan fingerprint density at radius 1 is 1.19 bits per heavy atom. The molecule has 2 aromatic rings. The van der Waals surface area contributed by atoms with E-state index in [1.807, 2.05) is 12.1 Å². The maximum atomic E-state index is 12.0. The van der Waals surface area contributed by atoms with E-state index in [4.69, 9.17) is 16.9 Å². The van der Waals surface area contributed by atoms with Crippen LogP contribution in [0, 0.1) is 11.3 Å². The highest BCUT2D eigenvalue weighted by molar-refractivity contribution is 6.30. The van der Waals surface area contributed by atoms with Gasteiger partial charge in [-0.1, -0.05) is 54.1 Å². The van der Waals surface area contributed by atoms with Crippen LogP contribution in [0.5, 0.6) is 0 Å². The van der Waals surface area contributed by atoms with Crippen LogP contribution in [0.1, 0.15) is 17.0 Å². The van der Waals surface area contributed by atoms with Crippen molar-refractivity contribution in [3.8, 4) is 6.07 Å². The molecular formula is C16H12ClN3O. The molecule has 1 N–H and O–H groups in total. The van der Waals surface area contributed by atoms with Gasteiger partial charge < -0.3 is 0 Å². The van der Waals surface area contributed by atoms with Gasteiger partial charge in [0.25, 0.3) is 5.91 Å². The first kappa shape index (κ1) is 14.8. The number of nitriles is 1. The van der Waals surface area contributed by atoms with E-state index in [9.17, 15) is 4.79 Å². The van der Waals surface area contributed by atoms with Gasteiger partial charge in [-0.3, -0.25) is 4.79 Å². The third-order valence-corrected chi connectivity index (χ3v) is 3.03. The topological polar surface area (TPSA) is 65.2 Å². The summed E-state index contributed by atoms with van der Waals surface area (Å²) in [6.07, 6.45) is 1.49. The van der Waals surface area contributed by atoms with Gasteiger partial charge in [0.15, 0.2) is 5.92 Å². The second-order valence-electron chi connectivity index (χ2n) is 4.26. The Labute approximate surface area is 127 Å². The normalized spacial score (nSPS) is 11.8. The van der Waals surface area contributed by atoms with Gasteiger partial charge in [-0.15, -0.1) is 0 Å². The van der Waals surface area contributed by atoms with Crippen molar-refractivity contribution >= 4 is 23.7 Å². The molecule has 0 radical (unpaired) electrons. The fourth-order valence-corrected chi connectivity index (χ4v) is 1.84. The van der Waals surface area contributed by atoms with E-state index in [0.29, 0.717) is 10.6 Å². The molecule has 0 aromatic heterocycles. The number of halogens is 1. The molecule has 4 nitrogen and oxygen atoms in total. The van der Waals surface area contributed by atoms with Gasteiger partial charge >= 0.3 is 0 Å². The Bertz CT molecular complexity index is 675. The van der Waals surface area contributed by atoms with E-state index in [0.717, 1.165) is 5.56 Å². The highest BCUT2D eigenvalue weighted by Crippen LogP contribution is 2.14. The molecule has 0 saturated heterocycles. The highest BCUT2D eigenvalue weighted by atomic mass is 35.5. The fourth-order valence-electron chi connectivity index (χ4n) is 1.71. The minimum atomic E-state index is -0.881. The van der Waals surface area contributed by atoms with Gasteiger partial charge in [0, 0.05) is 5.02 Å². The first-order valence-corrected chi connectivity index (χ1v) is 6.61. The lowest BCUT2D eigenvalue weighted by Crippen LogP contribution is -2.24. The molecule has 0 aliphatic rings. The Morgan fingerprint density at radius 2 is 1.86 bits per heavy atom. The second kappa shape index (κ2) is 7.22. The van der Waals surface area contributed by atoms with Crippen molar-refractivity contribution in [1.29, 1.82) is 5.26 Å². The lowest BCUT2D eigenvalue weighted by atomic mass is 10.0. The Morgan fingerprint density at radius 3 is 2.48 bits per heavy atom. The molecule has 0 unspecified atom stereocenters. The SMILES string of the molecule is N#C[C@@H](C(=O)N/N=C\c1ccc(Cl)cc1)c1ccccc1. The van der Waals surface area contributed by atoms with Crippen molar-refractivity contribution in [2.45, 2.75) is 5.92 Å². The van der Waals surface area contributed by atoms with Crippen LogP contribution >= 0.6 is 11.6 Å². The zero-order chi connectivity index (χ0) is 15.1. The number of hydrazone groups is 1. The molecule has 21 heavy (non-hydrogen) atoms. The number of benzene rings is 2. The van der Waals surface area contributed by atoms with Crippen molar-refractivity contribution in [1.82, 2.24) is 5.43 Å². The quantitative estimate of drug-likeness (QED) is 0.696. The van der Waals surface area contributed by atoms with Crippen LogP contribution in [0.4, 0.5) is 0 Å². The van der Waals surface area contributed by atoms with E-state index in [2.05, 4.69) is 10.5 Å². The summed E-state index contributed by atoms with van der Waals surface area (Å²) in [5.41, 5.74) is 3.81. The zero-order valence-electron chi connectivity index (χ0n) is 11.0. The van der Waals surface area contributed by atoms with Gasteiger partial charge in [0.1, 0.15) is 0 Å². The maximum Gasteiger partial charge on any atom is 0.261 e. The largest absolute Gasteiger partial charge is 0.271 e. The molecular weight excluding hydrogens is 286 g/mol.